The molecule has 1 atom stereocenters. The number of nitrogens with one attached hydrogen (secondary N) is 1. The van der Waals surface area contributed by atoms with Gasteiger partial charge in [0.15, 0.2) is 4.77 Å². The lowest BCUT2D eigenvalue weighted by atomic mass is 10.1. The third kappa shape index (κ3) is 2.29. The maximum Gasteiger partial charge on any atom is 0.195 e. The molecule has 0 saturated heterocycles. The third-order valence-corrected chi connectivity index (χ3v) is 4.43. The van der Waals surface area contributed by atoms with Gasteiger partial charge >= 0.3 is 0 Å². The summed E-state index contributed by atoms with van der Waals surface area (Å²) in [6.45, 7) is 10.8. The molecule has 0 aliphatic heterocycles. The van der Waals surface area contributed by atoms with Crippen LogP contribution < -0.4 is 0 Å². The maximum atomic E-state index is 5.37. The molecule has 2 rings (SSSR count). The molecule has 0 spiro atoms. The number of rotatable bonds is 3. The third-order valence-electron chi connectivity index (χ3n) is 3.16. The molecule has 0 aliphatic rings. The maximum absolute atomic E-state index is 5.37. The molecule has 0 fully saturated rings. The molecule has 0 amide bonds. The quantitative estimate of drug-likeness (QED) is 0.848. The predicted octanol–water partition coefficient (Wildman–Crippen LogP) is 4.35. The first kappa shape index (κ1) is 13.5. The Balaban J connectivity index is 2.52. The van der Waals surface area contributed by atoms with Crippen molar-refractivity contribution in [1.29, 1.82) is 0 Å². The fraction of sp³-hybridized carbons (Fsp3) is 0.538. The molecule has 98 valence electrons. The fourth-order valence-corrected chi connectivity index (χ4v) is 3.62. The average molecular weight is 281 g/mol. The first-order chi connectivity index (χ1) is 8.41. The van der Waals surface area contributed by atoms with E-state index >= 15 is 0 Å². The van der Waals surface area contributed by atoms with Crippen LogP contribution >= 0.6 is 23.6 Å². The van der Waals surface area contributed by atoms with E-state index in [1.54, 1.807) is 0 Å². The van der Waals surface area contributed by atoms with Crippen LogP contribution in [0.3, 0.4) is 0 Å². The van der Waals surface area contributed by atoms with Crippen molar-refractivity contribution in [2.75, 3.05) is 0 Å². The number of hydrogen-bond donors (Lipinski definition) is 1. The van der Waals surface area contributed by atoms with E-state index < -0.39 is 0 Å². The summed E-state index contributed by atoms with van der Waals surface area (Å²) >= 11 is 7.20. The van der Waals surface area contributed by atoms with Crippen molar-refractivity contribution in [3.63, 3.8) is 0 Å². The van der Waals surface area contributed by atoms with Crippen LogP contribution in [0, 0.1) is 18.6 Å². The van der Waals surface area contributed by atoms with Crippen LogP contribution in [0.4, 0.5) is 0 Å². The number of H-pyrrole nitrogens is 1. The molecule has 0 bridgehead atoms. The molecule has 5 heteroatoms. The summed E-state index contributed by atoms with van der Waals surface area (Å²) in [7, 11) is 0. The Morgan fingerprint density at radius 3 is 2.50 bits per heavy atom. The second-order valence-electron chi connectivity index (χ2n) is 4.96. The highest BCUT2D eigenvalue weighted by molar-refractivity contribution is 7.71. The van der Waals surface area contributed by atoms with Gasteiger partial charge in [-0.25, -0.2) is 0 Å². The molecule has 0 radical (unpaired) electrons. The van der Waals surface area contributed by atoms with Gasteiger partial charge in [0.2, 0.25) is 0 Å². The highest BCUT2D eigenvalue weighted by Gasteiger charge is 2.19. The van der Waals surface area contributed by atoms with Crippen LogP contribution in [0.15, 0.2) is 6.07 Å². The van der Waals surface area contributed by atoms with E-state index in [0.29, 0.717) is 10.7 Å². The molecule has 2 aromatic heterocycles. The summed E-state index contributed by atoms with van der Waals surface area (Å²) in [5.74, 6) is 1.39. The highest BCUT2D eigenvalue weighted by atomic mass is 32.1. The van der Waals surface area contributed by atoms with Crippen molar-refractivity contribution < 1.29 is 0 Å². The number of aryl methyl sites for hydroxylation is 2. The number of thiophene rings is 1. The molecule has 1 N–H and O–H groups in total. The van der Waals surface area contributed by atoms with Gasteiger partial charge in [-0.2, -0.15) is 5.10 Å². The van der Waals surface area contributed by atoms with E-state index in [2.05, 4.69) is 55.4 Å². The molecule has 3 nitrogen and oxygen atoms in total. The van der Waals surface area contributed by atoms with Gasteiger partial charge in [0.05, 0.1) is 6.04 Å². The summed E-state index contributed by atoms with van der Waals surface area (Å²) < 4.78 is 2.84. The number of aromatic nitrogens is 3. The number of hydrogen-bond acceptors (Lipinski definition) is 3. The Labute approximate surface area is 117 Å². The van der Waals surface area contributed by atoms with E-state index in [4.69, 9.17) is 12.2 Å². The lowest BCUT2D eigenvalue weighted by Crippen LogP contribution is -2.12. The summed E-state index contributed by atoms with van der Waals surface area (Å²) in [6.07, 6.45) is 0. The van der Waals surface area contributed by atoms with E-state index in [1.165, 1.54) is 15.3 Å². The Kier molecular flexibility index (Phi) is 3.73. The van der Waals surface area contributed by atoms with E-state index in [0.717, 1.165) is 5.82 Å². The van der Waals surface area contributed by atoms with Crippen molar-refractivity contribution in [1.82, 2.24) is 14.8 Å². The summed E-state index contributed by atoms with van der Waals surface area (Å²) in [4.78, 5) is 2.70. The van der Waals surface area contributed by atoms with Gasteiger partial charge in [0.1, 0.15) is 5.82 Å². The lowest BCUT2D eigenvalue weighted by Gasteiger charge is -2.17. The minimum atomic E-state index is 0.235. The molecule has 2 aromatic rings. The fourth-order valence-electron chi connectivity index (χ4n) is 2.30. The second kappa shape index (κ2) is 4.97. The molecular formula is C13H19N3S2. The molecular weight excluding hydrogens is 262 g/mol. The minimum absolute atomic E-state index is 0.235. The van der Waals surface area contributed by atoms with Crippen molar-refractivity contribution in [2.45, 2.75) is 46.6 Å². The van der Waals surface area contributed by atoms with Crippen LogP contribution in [0.25, 0.3) is 0 Å². The van der Waals surface area contributed by atoms with Crippen LogP contribution in [-0.2, 0) is 0 Å². The minimum Gasteiger partial charge on any atom is -0.297 e. The van der Waals surface area contributed by atoms with Gasteiger partial charge < -0.3 is 0 Å². The summed E-state index contributed by atoms with van der Waals surface area (Å²) in [5.41, 5.74) is 1.34. The van der Waals surface area contributed by atoms with Crippen LogP contribution in [0.2, 0.25) is 0 Å². The topological polar surface area (TPSA) is 33.6 Å². The van der Waals surface area contributed by atoms with Gasteiger partial charge in [-0.15, -0.1) is 11.3 Å². The van der Waals surface area contributed by atoms with Crippen molar-refractivity contribution in [3.8, 4) is 0 Å². The lowest BCUT2D eigenvalue weighted by molar-refractivity contribution is 0.572. The summed E-state index contributed by atoms with van der Waals surface area (Å²) in [5, 5.41) is 7.26. The van der Waals surface area contributed by atoms with Crippen molar-refractivity contribution in [3.05, 3.63) is 32.0 Å². The summed E-state index contributed by atoms with van der Waals surface area (Å²) in [6, 6.07) is 2.49. The zero-order valence-corrected chi connectivity index (χ0v) is 13.1. The van der Waals surface area contributed by atoms with E-state index in [-0.39, 0.29) is 6.04 Å². The average Bonchev–Trinajstić information content (AvgIpc) is 2.81. The normalized spacial score (nSPS) is 13.2. The van der Waals surface area contributed by atoms with Gasteiger partial charge in [-0.05, 0) is 44.6 Å². The van der Waals surface area contributed by atoms with Gasteiger partial charge in [-0.1, -0.05) is 13.8 Å². The van der Waals surface area contributed by atoms with Crippen molar-refractivity contribution >= 4 is 23.6 Å². The van der Waals surface area contributed by atoms with Crippen molar-refractivity contribution in [2.24, 2.45) is 0 Å². The molecule has 2 heterocycles. The van der Waals surface area contributed by atoms with Gasteiger partial charge in [-0.3, -0.25) is 9.67 Å². The largest absolute Gasteiger partial charge is 0.297 e. The smallest absolute Gasteiger partial charge is 0.195 e. The monoisotopic (exact) mass is 281 g/mol. The van der Waals surface area contributed by atoms with Crippen LogP contribution in [0.1, 0.15) is 53.9 Å². The van der Waals surface area contributed by atoms with Crippen LogP contribution in [0.5, 0.6) is 0 Å². The highest BCUT2D eigenvalue weighted by Crippen LogP contribution is 2.30. The van der Waals surface area contributed by atoms with Gasteiger partial charge in [0, 0.05) is 15.7 Å². The Morgan fingerprint density at radius 1 is 1.33 bits per heavy atom. The number of nitrogens with zero attached hydrogens (tertiary/aromatic N) is 2. The van der Waals surface area contributed by atoms with Crippen LogP contribution in [-0.4, -0.2) is 14.8 Å². The molecule has 0 aliphatic carbocycles. The first-order valence-electron chi connectivity index (χ1n) is 6.15. The second-order valence-corrected chi connectivity index (χ2v) is 6.80. The molecule has 0 saturated carbocycles. The number of aromatic amines is 1. The van der Waals surface area contributed by atoms with Gasteiger partial charge in [0.25, 0.3) is 0 Å². The zero-order chi connectivity index (χ0) is 13.4. The molecule has 18 heavy (non-hydrogen) atoms. The Morgan fingerprint density at radius 2 is 2.00 bits per heavy atom. The molecule has 1 unspecified atom stereocenters. The van der Waals surface area contributed by atoms with E-state index in [1.807, 2.05) is 11.3 Å². The van der Waals surface area contributed by atoms with E-state index in [9.17, 15) is 0 Å². The Hall–Kier alpha value is -0.940. The first-order valence-corrected chi connectivity index (χ1v) is 7.38. The zero-order valence-electron chi connectivity index (χ0n) is 11.4. The SMILES string of the molecule is Cc1cc(C(C)n2c(C(C)C)n[nH]c2=S)c(C)s1. The predicted molar refractivity (Wildman–Crippen MR) is 79.1 cm³/mol. The standard InChI is InChI=1S/C13H19N3S2/c1-7(2)12-14-15-13(17)16(12)9(4)11-6-8(3)18-10(11)5/h6-7,9H,1-5H3,(H,15,17). The Bertz CT molecular complexity index is 604. The molecule has 0 aromatic carbocycles.